The molecule has 0 aliphatic heterocycles. The van der Waals surface area contributed by atoms with Crippen LogP contribution in [0, 0.1) is 15.9 Å². The second-order valence-corrected chi connectivity index (χ2v) is 6.81. The van der Waals surface area contributed by atoms with Gasteiger partial charge in [0.15, 0.2) is 11.6 Å². The minimum Gasteiger partial charge on any atom is -0.432 e. The Morgan fingerprint density at radius 2 is 1.74 bits per heavy atom. The number of nitro benzene ring substituents is 1. The quantitative estimate of drug-likeness (QED) is 0.418. The molecule has 2 aromatic rings. The molecule has 0 fully saturated rings. The molecule has 0 aliphatic rings. The maximum absolute atomic E-state index is 13.7. The monoisotopic (exact) mass is 412 g/mol. The third-order valence-electron chi connectivity index (χ3n) is 3.16. The highest BCUT2D eigenvalue weighted by atomic mass is 32.2. The van der Waals surface area contributed by atoms with Crippen molar-refractivity contribution in [3.05, 3.63) is 52.3 Å². The van der Waals surface area contributed by atoms with E-state index in [2.05, 4.69) is 10.1 Å². The molecule has 0 bridgehead atoms. The maximum Gasteiger partial charge on any atom is 0.387 e. The molecule has 146 valence electrons. The lowest BCUT2D eigenvalue weighted by Gasteiger charge is -2.11. The van der Waals surface area contributed by atoms with Crippen LogP contribution in [0.5, 0.6) is 5.75 Å². The Hall–Kier alpha value is -2.96. The van der Waals surface area contributed by atoms with Crippen molar-refractivity contribution in [2.75, 3.05) is 5.32 Å². The first-order chi connectivity index (χ1) is 12.5. The van der Waals surface area contributed by atoms with E-state index in [1.165, 1.54) is 0 Å². The SMILES string of the molecule is O=[N+]([O-])c1cc(S(=O)(=O)C(F)F)ccc1Nc1ccc(OC(F)F)c(F)c1. The maximum atomic E-state index is 13.7. The Balaban J connectivity index is 2.39. The fourth-order valence-corrected chi connectivity index (χ4v) is 2.71. The number of nitrogens with one attached hydrogen (secondary N) is 1. The van der Waals surface area contributed by atoms with Gasteiger partial charge in [-0.1, -0.05) is 0 Å². The van der Waals surface area contributed by atoms with Gasteiger partial charge in [0, 0.05) is 17.8 Å². The number of rotatable bonds is 7. The number of nitro groups is 1. The number of sulfone groups is 1. The number of anilines is 2. The van der Waals surface area contributed by atoms with Crippen molar-refractivity contribution in [2.45, 2.75) is 17.3 Å². The molecule has 27 heavy (non-hydrogen) atoms. The van der Waals surface area contributed by atoms with Gasteiger partial charge in [-0.2, -0.15) is 17.6 Å². The number of benzene rings is 2. The van der Waals surface area contributed by atoms with Gasteiger partial charge in [0.05, 0.1) is 9.82 Å². The average molecular weight is 412 g/mol. The van der Waals surface area contributed by atoms with Crippen molar-refractivity contribution in [1.29, 1.82) is 0 Å². The Morgan fingerprint density at radius 1 is 1.07 bits per heavy atom. The summed E-state index contributed by atoms with van der Waals surface area (Å²) in [5, 5.41) is 13.5. The fourth-order valence-electron chi connectivity index (χ4n) is 1.97. The summed E-state index contributed by atoms with van der Waals surface area (Å²) >= 11 is 0. The number of alkyl halides is 4. The predicted molar refractivity (Wildman–Crippen MR) is 82.6 cm³/mol. The van der Waals surface area contributed by atoms with Crippen molar-refractivity contribution in [2.24, 2.45) is 0 Å². The average Bonchev–Trinajstić information content (AvgIpc) is 2.56. The lowest BCUT2D eigenvalue weighted by Crippen LogP contribution is -2.12. The molecule has 2 aromatic carbocycles. The van der Waals surface area contributed by atoms with Crippen molar-refractivity contribution in [3.63, 3.8) is 0 Å². The van der Waals surface area contributed by atoms with Crippen LogP contribution in [0.1, 0.15) is 0 Å². The summed E-state index contributed by atoms with van der Waals surface area (Å²) in [4.78, 5) is 9.11. The number of ether oxygens (including phenoxy) is 1. The summed E-state index contributed by atoms with van der Waals surface area (Å²) in [5.74, 6) is -5.73. The first-order valence-electron chi connectivity index (χ1n) is 6.84. The normalized spacial score (nSPS) is 11.7. The molecule has 0 spiro atoms. The summed E-state index contributed by atoms with van der Waals surface area (Å²) < 4.78 is 89.8. The van der Waals surface area contributed by atoms with Gasteiger partial charge in [-0.05, 0) is 24.3 Å². The second-order valence-electron chi connectivity index (χ2n) is 4.89. The van der Waals surface area contributed by atoms with Crippen LogP contribution in [0.25, 0.3) is 0 Å². The van der Waals surface area contributed by atoms with Gasteiger partial charge in [-0.15, -0.1) is 0 Å². The molecule has 0 aliphatic carbocycles. The minimum absolute atomic E-state index is 0.123. The predicted octanol–water partition coefficient (Wildman–Crippen LogP) is 4.08. The third-order valence-corrected chi connectivity index (χ3v) is 4.54. The van der Waals surface area contributed by atoms with E-state index in [9.17, 15) is 40.5 Å². The van der Waals surface area contributed by atoms with Crippen LogP contribution in [0.15, 0.2) is 41.3 Å². The number of nitrogens with zero attached hydrogens (tertiary/aromatic N) is 1. The van der Waals surface area contributed by atoms with E-state index >= 15 is 0 Å². The Kier molecular flexibility index (Phi) is 5.83. The standard InChI is InChI=1S/C14H9F5N2O5S/c15-9-5-7(1-4-12(9)26-13(16)17)20-10-3-2-8(6-11(10)21(22)23)27(24,25)14(18)19/h1-6,13-14,20H. The number of hydrogen-bond donors (Lipinski definition) is 1. The van der Waals surface area contributed by atoms with Crippen LogP contribution in [-0.4, -0.2) is 25.7 Å². The van der Waals surface area contributed by atoms with Gasteiger partial charge < -0.3 is 10.1 Å². The summed E-state index contributed by atoms with van der Waals surface area (Å²) in [6.45, 7) is -3.26. The summed E-state index contributed by atoms with van der Waals surface area (Å²) in [7, 11) is -5.06. The van der Waals surface area contributed by atoms with E-state index in [1.807, 2.05) is 0 Å². The third kappa shape index (κ3) is 4.61. The lowest BCUT2D eigenvalue weighted by molar-refractivity contribution is -0.384. The summed E-state index contributed by atoms with van der Waals surface area (Å²) in [6.07, 6.45) is 0. The number of hydrogen-bond acceptors (Lipinski definition) is 6. The van der Waals surface area contributed by atoms with Crippen molar-refractivity contribution >= 4 is 26.9 Å². The van der Waals surface area contributed by atoms with E-state index in [-0.39, 0.29) is 11.4 Å². The van der Waals surface area contributed by atoms with E-state index in [0.29, 0.717) is 18.2 Å². The van der Waals surface area contributed by atoms with Gasteiger partial charge in [0.2, 0.25) is 9.84 Å². The van der Waals surface area contributed by atoms with Crippen molar-refractivity contribution in [1.82, 2.24) is 0 Å². The highest BCUT2D eigenvalue weighted by Crippen LogP contribution is 2.33. The molecular weight excluding hydrogens is 403 g/mol. The molecule has 7 nitrogen and oxygen atoms in total. The zero-order chi connectivity index (χ0) is 20.4. The van der Waals surface area contributed by atoms with Gasteiger partial charge in [0.1, 0.15) is 5.69 Å². The smallest absolute Gasteiger partial charge is 0.387 e. The van der Waals surface area contributed by atoms with E-state index in [0.717, 1.165) is 18.2 Å². The molecule has 0 radical (unpaired) electrons. The molecule has 13 heteroatoms. The van der Waals surface area contributed by atoms with E-state index < -0.39 is 49.3 Å². The molecule has 2 rings (SSSR count). The minimum atomic E-state index is -5.06. The van der Waals surface area contributed by atoms with E-state index in [1.54, 1.807) is 0 Å². The highest BCUT2D eigenvalue weighted by molar-refractivity contribution is 7.91. The molecule has 0 saturated heterocycles. The zero-order valence-corrected chi connectivity index (χ0v) is 13.7. The van der Waals surface area contributed by atoms with Crippen molar-refractivity contribution < 1.29 is 40.0 Å². The van der Waals surface area contributed by atoms with Crippen LogP contribution in [0.3, 0.4) is 0 Å². The van der Waals surface area contributed by atoms with Gasteiger partial charge >= 0.3 is 12.4 Å². The fraction of sp³-hybridized carbons (Fsp3) is 0.143. The largest absolute Gasteiger partial charge is 0.432 e. The molecule has 1 N–H and O–H groups in total. The second kappa shape index (κ2) is 7.73. The molecule has 0 heterocycles. The van der Waals surface area contributed by atoms with Crippen LogP contribution in [-0.2, 0) is 9.84 Å². The molecule has 0 atom stereocenters. The van der Waals surface area contributed by atoms with Gasteiger partial charge in [0.25, 0.3) is 5.69 Å². The Labute approximate surface area is 148 Å². The Morgan fingerprint density at radius 3 is 2.26 bits per heavy atom. The lowest BCUT2D eigenvalue weighted by atomic mass is 10.2. The molecule has 0 unspecified atom stereocenters. The van der Waals surface area contributed by atoms with Crippen molar-refractivity contribution in [3.8, 4) is 5.75 Å². The van der Waals surface area contributed by atoms with Gasteiger partial charge in [-0.3, -0.25) is 10.1 Å². The summed E-state index contributed by atoms with van der Waals surface area (Å²) in [5.41, 5.74) is -1.33. The van der Waals surface area contributed by atoms with Crippen LogP contribution >= 0.6 is 0 Å². The first kappa shape index (κ1) is 20.4. The molecule has 0 aromatic heterocycles. The van der Waals surface area contributed by atoms with Crippen LogP contribution in [0.2, 0.25) is 0 Å². The van der Waals surface area contributed by atoms with E-state index in [4.69, 9.17) is 0 Å². The first-order valence-corrected chi connectivity index (χ1v) is 8.39. The molecule has 0 saturated carbocycles. The zero-order valence-electron chi connectivity index (χ0n) is 12.9. The molecular formula is C14H9F5N2O5S. The highest BCUT2D eigenvalue weighted by Gasteiger charge is 2.29. The number of halogens is 5. The van der Waals surface area contributed by atoms with Gasteiger partial charge in [-0.25, -0.2) is 12.8 Å². The topological polar surface area (TPSA) is 98.5 Å². The Bertz CT molecular complexity index is 968. The molecule has 0 amide bonds. The summed E-state index contributed by atoms with van der Waals surface area (Å²) in [6, 6.07) is 4.58. The van der Waals surface area contributed by atoms with Crippen LogP contribution < -0.4 is 10.1 Å². The van der Waals surface area contributed by atoms with Crippen LogP contribution in [0.4, 0.5) is 39.0 Å².